The number of fused-ring (bicyclic) bond motifs is 1. The highest BCUT2D eigenvalue weighted by molar-refractivity contribution is 5.89. The number of hydrogen-bond acceptors (Lipinski definition) is 1. The van der Waals surface area contributed by atoms with Crippen LogP contribution in [0, 0.1) is 6.92 Å². The lowest BCUT2D eigenvalue weighted by molar-refractivity contribution is 1.28. The predicted molar refractivity (Wildman–Crippen MR) is 131 cm³/mol. The third kappa shape index (κ3) is 5.83. The SMILES string of the molecule is C=CC.CC.Cc1ccc(N(c2ccccc2)c2ccc3ccccc3c2)cc1. The summed E-state index contributed by atoms with van der Waals surface area (Å²) < 4.78 is 0. The van der Waals surface area contributed by atoms with Crippen molar-refractivity contribution in [3.05, 3.63) is 115 Å². The number of benzene rings is 4. The third-order valence-electron chi connectivity index (χ3n) is 4.30. The molecule has 0 atom stereocenters. The van der Waals surface area contributed by atoms with E-state index in [4.69, 9.17) is 0 Å². The molecule has 0 radical (unpaired) electrons. The fraction of sp³-hybridized carbons (Fsp3) is 0.143. The summed E-state index contributed by atoms with van der Waals surface area (Å²) in [5, 5.41) is 2.52. The molecular formula is C28H31N. The van der Waals surface area contributed by atoms with Gasteiger partial charge in [0.2, 0.25) is 0 Å². The monoisotopic (exact) mass is 381 g/mol. The van der Waals surface area contributed by atoms with Crippen LogP contribution >= 0.6 is 0 Å². The number of para-hydroxylation sites is 1. The Bertz CT molecular complexity index is 1000. The van der Waals surface area contributed by atoms with Gasteiger partial charge >= 0.3 is 0 Å². The van der Waals surface area contributed by atoms with Gasteiger partial charge in [0.1, 0.15) is 0 Å². The van der Waals surface area contributed by atoms with Crippen LogP contribution in [-0.2, 0) is 0 Å². The van der Waals surface area contributed by atoms with Gasteiger partial charge < -0.3 is 4.90 Å². The number of hydrogen-bond donors (Lipinski definition) is 0. The van der Waals surface area contributed by atoms with E-state index in [9.17, 15) is 0 Å². The van der Waals surface area contributed by atoms with Crippen molar-refractivity contribution in [2.75, 3.05) is 4.90 Å². The topological polar surface area (TPSA) is 3.24 Å². The van der Waals surface area contributed by atoms with Gasteiger partial charge in [0.05, 0.1) is 0 Å². The first-order valence-corrected chi connectivity index (χ1v) is 10.2. The van der Waals surface area contributed by atoms with E-state index < -0.39 is 0 Å². The second-order valence-electron chi connectivity index (χ2n) is 6.45. The van der Waals surface area contributed by atoms with E-state index in [2.05, 4.69) is 115 Å². The van der Waals surface area contributed by atoms with Gasteiger partial charge in [-0.05, 0) is 61.0 Å². The van der Waals surface area contributed by atoms with Crippen LogP contribution < -0.4 is 4.90 Å². The zero-order chi connectivity index (χ0) is 21.1. The summed E-state index contributed by atoms with van der Waals surface area (Å²) in [6, 6.07) is 34.3. The maximum Gasteiger partial charge on any atom is 0.0468 e. The highest BCUT2D eigenvalue weighted by Gasteiger charge is 2.12. The van der Waals surface area contributed by atoms with Crippen molar-refractivity contribution in [3.63, 3.8) is 0 Å². The summed E-state index contributed by atoms with van der Waals surface area (Å²) in [6.45, 7) is 11.4. The molecule has 0 aliphatic carbocycles. The second-order valence-corrected chi connectivity index (χ2v) is 6.45. The standard InChI is InChI=1S/C23H19N.C3H6.C2H6/c1-18-11-14-22(15-12-18)24(21-9-3-2-4-10-21)23-16-13-19-7-5-6-8-20(19)17-23;1-3-2;1-2/h2-17H,1H3;3H,1H2,2H3;1-2H3. The molecule has 0 saturated heterocycles. The molecule has 148 valence electrons. The molecule has 4 rings (SSSR count). The third-order valence-corrected chi connectivity index (χ3v) is 4.30. The van der Waals surface area contributed by atoms with Crippen molar-refractivity contribution in [1.82, 2.24) is 0 Å². The lowest BCUT2D eigenvalue weighted by atomic mass is 10.1. The molecule has 0 heterocycles. The van der Waals surface area contributed by atoms with Crippen molar-refractivity contribution in [2.24, 2.45) is 0 Å². The maximum absolute atomic E-state index is 3.36. The normalized spacial score (nSPS) is 9.52. The summed E-state index contributed by atoms with van der Waals surface area (Å²) in [5.41, 5.74) is 4.77. The van der Waals surface area contributed by atoms with Crippen LogP contribution in [0.5, 0.6) is 0 Å². The molecule has 0 aromatic heterocycles. The van der Waals surface area contributed by atoms with Gasteiger partial charge in [0.15, 0.2) is 0 Å². The van der Waals surface area contributed by atoms with E-state index in [1.165, 1.54) is 27.7 Å². The number of rotatable bonds is 3. The Balaban J connectivity index is 0.000000551. The van der Waals surface area contributed by atoms with Crippen molar-refractivity contribution >= 4 is 27.8 Å². The Morgan fingerprint density at radius 3 is 1.72 bits per heavy atom. The molecule has 4 aromatic carbocycles. The smallest absolute Gasteiger partial charge is 0.0468 e. The molecule has 0 aliphatic rings. The fourth-order valence-electron chi connectivity index (χ4n) is 3.03. The first-order chi connectivity index (χ1) is 14.2. The molecule has 0 spiro atoms. The molecule has 0 fully saturated rings. The van der Waals surface area contributed by atoms with E-state index in [-0.39, 0.29) is 0 Å². The number of nitrogens with zero attached hydrogens (tertiary/aromatic N) is 1. The largest absolute Gasteiger partial charge is 0.310 e. The van der Waals surface area contributed by atoms with E-state index >= 15 is 0 Å². The number of anilines is 3. The van der Waals surface area contributed by atoms with Crippen molar-refractivity contribution in [3.8, 4) is 0 Å². The summed E-state index contributed by atoms with van der Waals surface area (Å²) in [5.74, 6) is 0. The van der Waals surface area contributed by atoms with E-state index in [1.54, 1.807) is 6.08 Å². The second kappa shape index (κ2) is 11.5. The van der Waals surface area contributed by atoms with Gasteiger partial charge in [-0.2, -0.15) is 0 Å². The van der Waals surface area contributed by atoms with Crippen LogP contribution in [0.2, 0.25) is 0 Å². The van der Waals surface area contributed by atoms with Crippen LogP contribution in [0.25, 0.3) is 10.8 Å². The Hall–Kier alpha value is -3.32. The summed E-state index contributed by atoms with van der Waals surface area (Å²) >= 11 is 0. The van der Waals surface area contributed by atoms with Crippen molar-refractivity contribution in [2.45, 2.75) is 27.7 Å². The molecular weight excluding hydrogens is 350 g/mol. The molecule has 29 heavy (non-hydrogen) atoms. The zero-order valence-electron chi connectivity index (χ0n) is 18.0. The quantitative estimate of drug-likeness (QED) is 0.320. The minimum atomic E-state index is 1.16. The van der Waals surface area contributed by atoms with Crippen molar-refractivity contribution < 1.29 is 0 Å². The average Bonchev–Trinajstić information content (AvgIpc) is 2.78. The van der Waals surface area contributed by atoms with Gasteiger partial charge in [-0.3, -0.25) is 0 Å². The summed E-state index contributed by atoms with van der Waals surface area (Å²) in [6.07, 6.45) is 1.75. The van der Waals surface area contributed by atoms with Crippen LogP contribution in [0.15, 0.2) is 110 Å². The lowest BCUT2D eigenvalue weighted by Crippen LogP contribution is -2.09. The average molecular weight is 382 g/mol. The molecule has 0 bridgehead atoms. The van der Waals surface area contributed by atoms with E-state index in [1.807, 2.05) is 20.8 Å². The molecule has 0 aliphatic heterocycles. The minimum absolute atomic E-state index is 1.16. The van der Waals surface area contributed by atoms with Crippen LogP contribution in [-0.4, -0.2) is 0 Å². The summed E-state index contributed by atoms with van der Waals surface area (Å²) in [4.78, 5) is 2.30. The van der Waals surface area contributed by atoms with E-state index in [0.29, 0.717) is 0 Å². The lowest BCUT2D eigenvalue weighted by Gasteiger charge is -2.25. The van der Waals surface area contributed by atoms with Crippen LogP contribution in [0.4, 0.5) is 17.1 Å². The van der Waals surface area contributed by atoms with Gasteiger partial charge in [0.25, 0.3) is 0 Å². The Labute approximate surface area is 175 Å². The van der Waals surface area contributed by atoms with Gasteiger partial charge in [0, 0.05) is 17.1 Å². The molecule has 0 saturated carbocycles. The molecule has 4 aromatic rings. The zero-order valence-corrected chi connectivity index (χ0v) is 18.0. The van der Waals surface area contributed by atoms with Gasteiger partial charge in [-0.15, -0.1) is 6.58 Å². The first-order valence-electron chi connectivity index (χ1n) is 10.2. The van der Waals surface area contributed by atoms with E-state index in [0.717, 1.165) is 5.69 Å². The molecule has 1 heteroatoms. The molecule has 0 unspecified atom stereocenters. The fourth-order valence-corrected chi connectivity index (χ4v) is 3.03. The molecule has 1 nitrogen and oxygen atoms in total. The number of aryl methyl sites for hydroxylation is 1. The van der Waals surface area contributed by atoms with Crippen LogP contribution in [0.3, 0.4) is 0 Å². The predicted octanol–water partition coefficient (Wildman–Crippen LogP) is 8.84. The Kier molecular flexibility index (Phi) is 8.72. The van der Waals surface area contributed by atoms with Gasteiger partial charge in [-0.1, -0.05) is 86.2 Å². The molecule has 0 amide bonds. The highest BCUT2D eigenvalue weighted by Crippen LogP contribution is 2.35. The molecule has 0 N–H and O–H groups in total. The van der Waals surface area contributed by atoms with Crippen molar-refractivity contribution in [1.29, 1.82) is 0 Å². The highest BCUT2D eigenvalue weighted by atomic mass is 15.1. The Morgan fingerprint density at radius 2 is 1.10 bits per heavy atom. The van der Waals surface area contributed by atoms with Gasteiger partial charge in [-0.25, -0.2) is 0 Å². The summed E-state index contributed by atoms with van der Waals surface area (Å²) in [7, 11) is 0. The Morgan fingerprint density at radius 1 is 0.621 bits per heavy atom. The maximum atomic E-state index is 3.36. The first kappa shape index (κ1) is 22.0. The number of allylic oxidation sites excluding steroid dienone is 1. The minimum Gasteiger partial charge on any atom is -0.310 e. The van der Waals surface area contributed by atoms with Crippen LogP contribution in [0.1, 0.15) is 26.3 Å².